The van der Waals surface area contributed by atoms with Crippen LogP contribution >= 0.6 is 0 Å². The molecular formula is C17H21N5O3. The molecule has 2 aromatic heterocycles. The second-order valence-electron chi connectivity index (χ2n) is 6.62. The zero-order chi connectivity index (χ0) is 17.4. The second kappa shape index (κ2) is 6.44. The molecular weight excluding hydrogens is 322 g/mol. The largest absolute Gasteiger partial charge is 0.367 e. The van der Waals surface area contributed by atoms with Gasteiger partial charge < -0.3 is 14.6 Å². The highest BCUT2D eigenvalue weighted by atomic mass is 16.5. The van der Waals surface area contributed by atoms with Crippen molar-refractivity contribution in [2.24, 2.45) is 0 Å². The van der Waals surface area contributed by atoms with E-state index in [2.05, 4.69) is 20.2 Å². The number of nitrogens with one attached hydrogen (secondary N) is 2. The standard InChI is InChI=1S/C17H21N5O3/c1-10-8-14(23)19-16(18-10)13-9-22(6-7-25-13)17(24)15-11-4-2-3-5-12(11)20-21-15/h8,13H,2-7,9H2,1H3,(H,20,21)(H,18,19,23)/t13-/m0/s1. The van der Waals surface area contributed by atoms with E-state index in [0.29, 0.717) is 36.9 Å². The molecule has 1 fully saturated rings. The third kappa shape index (κ3) is 3.09. The molecule has 2 N–H and O–H groups in total. The van der Waals surface area contributed by atoms with E-state index in [1.807, 2.05) is 0 Å². The Morgan fingerprint density at radius 2 is 2.20 bits per heavy atom. The maximum atomic E-state index is 12.9. The van der Waals surface area contributed by atoms with E-state index < -0.39 is 6.10 Å². The van der Waals surface area contributed by atoms with Crippen LogP contribution in [0.1, 0.15) is 52.2 Å². The summed E-state index contributed by atoms with van der Waals surface area (Å²) in [6, 6.07) is 1.44. The number of hydrogen-bond donors (Lipinski definition) is 2. The molecule has 1 aliphatic heterocycles. The van der Waals surface area contributed by atoms with Gasteiger partial charge in [0, 0.05) is 29.6 Å². The van der Waals surface area contributed by atoms with Gasteiger partial charge in [0.1, 0.15) is 11.9 Å². The molecule has 3 heterocycles. The maximum absolute atomic E-state index is 12.9. The number of carbonyl (C=O) groups is 1. The minimum absolute atomic E-state index is 0.0808. The van der Waals surface area contributed by atoms with Crippen LogP contribution in [-0.2, 0) is 17.6 Å². The molecule has 8 nitrogen and oxygen atoms in total. The molecule has 2 aliphatic rings. The van der Waals surface area contributed by atoms with Crippen molar-refractivity contribution in [3.8, 4) is 0 Å². The predicted molar refractivity (Wildman–Crippen MR) is 89.4 cm³/mol. The Kier molecular flexibility index (Phi) is 4.12. The first kappa shape index (κ1) is 16.0. The SMILES string of the molecule is Cc1cc(=O)[nH]c([C@@H]2CN(C(=O)c3n[nH]c4c3CCCC4)CCO2)n1. The fourth-order valence-corrected chi connectivity index (χ4v) is 3.56. The highest BCUT2D eigenvalue weighted by molar-refractivity contribution is 5.94. The first-order chi connectivity index (χ1) is 12.1. The Bertz CT molecular complexity index is 856. The molecule has 0 aromatic carbocycles. The summed E-state index contributed by atoms with van der Waals surface area (Å²) in [5.41, 5.74) is 3.09. The summed E-state index contributed by atoms with van der Waals surface area (Å²) in [6.07, 6.45) is 3.64. The molecule has 4 rings (SSSR count). The summed E-state index contributed by atoms with van der Waals surface area (Å²) in [5, 5.41) is 7.28. The van der Waals surface area contributed by atoms with Gasteiger partial charge >= 0.3 is 0 Å². The molecule has 2 aromatic rings. The smallest absolute Gasteiger partial charge is 0.274 e. The first-order valence-corrected chi connectivity index (χ1v) is 8.66. The number of rotatable bonds is 2. The summed E-state index contributed by atoms with van der Waals surface area (Å²) in [5.74, 6) is 0.384. The Labute approximate surface area is 144 Å². The fourth-order valence-electron chi connectivity index (χ4n) is 3.56. The number of morpholine rings is 1. The van der Waals surface area contributed by atoms with Crippen LogP contribution in [-0.4, -0.2) is 50.7 Å². The van der Waals surface area contributed by atoms with Gasteiger partial charge in [-0.05, 0) is 32.6 Å². The minimum atomic E-state index is -0.430. The van der Waals surface area contributed by atoms with Crippen LogP contribution in [0.3, 0.4) is 0 Å². The molecule has 0 unspecified atom stereocenters. The van der Waals surface area contributed by atoms with E-state index in [4.69, 9.17) is 4.74 Å². The van der Waals surface area contributed by atoms with Gasteiger partial charge in [-0.1, -0.05) is 0 Å². The monoisotopic (exact) mass is 343 g/mol. The number of carbonyl (C=O) groups excluding carboxylic acids is 1. The van der Waals surface area contributed by atoms with Crippen molar-refractivity contribution in [1.82, 2.24) is 25.1 Å². The lowest BCUT2D eigenvalue weighted by Gasteiger charge is -2.32. The average molecular weight is 343 g/mol. The van der Waals surface area contributed by atoms with Gasteiger partial charge in [0.15, 0.2) is 5.69 Å². The predicted octanol–water partition coefficient (Wildman–Crippen LogP) is 0.894. The normalized spacial score (nSPS) is 20.4. The third-order valence-electron chi connectivity index (χ3n) is 4.81. The lowest BCUT2D eigenvalue weighted by atomic mass is 9.95. The quantitative estimate of drug-likeness (QED) is 0.843. The molecule has 0 bridgehead atoms. The number of nitrogens with zero attached hydrogens (tertiary/aromatic N) is 3. The highest BCUT2D eigenvalue weighted by Gasteiger charge is 2.31. The van der Waals surface area contributed by atoms with Crippen molar-refractivity contribution in [2.45, 2.75) is 38.7 Å². The molecule has 0 saturated carbocycles. The number of aryl methyl sites for hydroxylation is 2. The van der Waals surface area contributed by atoms with Crippen LogP contribution in [0, 0.1) is 6.92 Å². The molecule has 0 radical (unpaired) electrons. The zero-order valence-corrected chi connectivity index (χ0v) is 14.2. The number of H-pyrrole nitrogens is 2. The summed E-state index contributed by atoms with van der Waals surface area (Å²) >= 11 is 0. The van der Waals surface area contributed by atoms with Gasteiger partial charge in [0.2, 0.25) is 0 Å². The Morgan fingerprint density at radius 1 is 1.36 bits per heavy atom. The summed E-state index contributed by atoms with van der Waals surface area (Å²) in [6.45, 7) is 3.03. The van der Waals surface area contributed by atoms with Crippen LogP contribution in [0.4, 0.5) is 0 Å². The van der Waals surface area contributed by atoms with Crippen molar-refractivity contribution >= 4 is 5.91 Å². The zero-order valence-electron chi connectivity index (χ0n) is 14.2. The van der Waals surface area contributed by atoms with Crippen molar-refractivity contribution in [3.05, 3.63) is 44.9 Å². The van der Waals surface area contributed by atoms with Crippen molar-refractivity contribution in [2.75, 3.05) is 19.7 Å². The summed E-state index contributed by atoms with van der Waals surface area (Å²) in [4.78, 5) is 33.4. The molecule has 0 spiro atoms. The number of fused-ring (bicyclic) bond motifs is 1. The van der Waals surface area contributed by atoms with Crippen LogP contribution in [0.2, 0.25) is 0 Å². The van der Waals surface area contributed by atoms with Gasteiger partial charge in [-0.25, -0.2) is 4.98 Å². The van der Waals surface area contributed by atoms with Crippen LogP contribution in [0.5, 0.6) is 0 Å². The van der Waals surface area contributed by atoms with E-state index in [1.165, 1.54) is 6.07 Å². The lowest BCUT2D eigenvalue weighted by molar-refractivity contribution is -0.0272. The molecule has 25 heavy (non-hydrogen) atoms. The summed E-state index contributed by atoms with van der Waals surface area (Å²) in [7, 11) is 0. The van der Waals surface area contributed by atoms with E-state index in [0.717, 1.165) is 36.9 Å². The van der Waals surface area contributed by atoms with Crippen molar-refractivity contribution in [3.63, 3.8) is 0 Å². The second-order valence-corrected chi connectivity index (χ2v) is 6.62. The van der Waals surface area contributed by atoms with Crippen LogP contribution < -0.4 is 5.56 Å². The topological polar surface area (TPSA) is 104 Å². The lowest BCUT2D eigenvalue weighted by Crippen LogP contribution is -2.43. The molecule has 1 atom stereocenters. The van der Waals surface area contributed by atoms with Crippen LogP contribution in [0.15, 0.2) is 10.9 Å². The van der Waals surface area contributed by atoms with Gasteiger partial charge in [0.25, 0.3) is 11.5 Å². The Hall–Kier alpha value is -2.48. The van der Waals surface area contributed by atoms with Crippen molar-refractivity contribution in [1.29, 1.82) is 0 Å². The fraction of sp³-hybridized carbons (Fsp3) is 0.529. The Balaban J connectivity index is 1.56. The first-order valence-electron chi connectivity index (χ1n) is 8.66. The molecule has 1 amide bonds. The highest BCUT2D eigenvalue weighted by Crippen LogP contribution is 2.25. The number of ether oxygens (including phenoxy) is 1. The molecule has 1 saturated heterocycles. The van der Waals surface area contributed by atoms with Gasteiger partial charge in [-0.15, -0.1) is 0 Å². The van der Waals surface area contributed by atoms with Crippen molar-refractivity contribution < 1.29 is 9.53 Å². The maximum Gasteiger partial charge on any atom is 0.274 e. The van der Waals surface area contributed by atoms with Gasteiger partial charge in [-0.3, -0.25) is 14.7 Å². The Morgan fingerprint density at radius 3 is 3.04 bits per heavy atom. The van der Waals surface area contributed by atoms with Gasteiger partial charge in [0.05, 0.1) is 13.2 Å². The van der Waals surface area contributed by atoms with E-state index >= 15 is 0 Å². The molecule has 132 valence electrons. The van der Waals surface area contributed by atoms with Crippen LogP contribution in [0.25, 0.3) is 0 Å². The molecule has 1 aliphatic carbocycles. The number of aromatic nitrogens is 4. The summed E-state index contributed by atoms with van der Waals surface area (Å²) < 4.78 is 5.73. The van der Waals surface area contributed by atoms with E-state index in [9.17, 15) is 9.59 Å². The minimum Gasteiger partial charge on any atom is -0.367 e. The number of amides is 1. The number of hydrogen-bond acceptors (Lipinski definition) is 5. The molecule has 8 heteroatoms. The third-order valence-corrected chi connectivity index (χ3v) is 4.81. The van der Waals surface area contributed by atoms with E-state index in [1.54, 1.807) is 11.8 Å². The number of aromatic amines is 2. The average Bonchev–Trinajstić information content (AvgIpc) is 3.04. The van der Waals surface area contributed by atoms with Gasteiger partial charge in [-0.2, -0.15) is 5.10 Å². The van der Waals surface area contributed by atoms with E-state index in [-0.39, 0.29) is 11.5 Å².